The highest BCUT2D eigenvalue weighted by atomic mass is 35.5. The fourth-order valence-corrected chi connectivity index (χ4v) is 6.04. The van der Waals surface area contributed by atoms with Crippen LogP contribution in [0.1, 0.15) is 48.5 Å². The van der Waals surface area contributed by atoms with Gasteiger partial charge in [0.15, 0.2) is 0 Å². The number of nitrogens with zero attached hydrogens (tertiary/aromatic N) is 2. The maximum atomic E-state index is 13.9. The molecule has 3 aromatic rings. The number of benzene rings is 2. The van der Waals surface area contributed by atoms with Crippen LogP contribution in [0.5, 0.6) is 0 Å². The second kappa shape index (κ2) is 9.37. The third kappa shape index (κ3) is 4.59. The zero-order chi connectivity index (χ0) is 26.6. The van der Waals surface area contributed by atoms with E-state index in [1.807, 2.05) is 54.8 Å². The van der Waals surface area contributed by atoms with Crippen molar-refractivity contribution in [2.24, 2.45) is 11.3 Å². The Labute approximate surface area is 226 Å². The summed E-state index contributed by atoms with van der Waals surface area (Å²) >= 11 is 12.3. The molecule has 1 aromatic heterocycles. The summed E-state index contributed by atoms with van der Waals surface area (Å²) in [6.07, 6.45) is 0. The first kappa shape index (κ1) is 25.6. The molecule has 2 aromatic carbocycles. The number of aromatic nitrogens is 1. The van der Waals surface area contributed by atoms with Gasteiger partial charge in [-0.05, 0) is 35.7 Å². The average molecular weight is 541 g/mol. The van der Waals surface area contributed by atoms with Crippen LogP contribution in [0.25, 0.3) is 10.9 Å². The number of nitrogens with one attached hydrogen (secondary N) is 2. The molecular formula is C28H30Cl2N4O3. The van der Waals surface area contributed by atoms with Gasteiger partial charge in [0.2, 0.25) is 5.91 Å². The monoisotopic (exact) mass is 540 g/mol. The molecular weight excluding hydrogens is 511 g/mol. The second-order valence-electron chi connectivity index (χ2n) is 11.1. The molecule has 2 saturated heterocycles. The Balaban J connectivity index is 1.33. The first-order valence-electron chi connectivity index (χ1n) is 12.4. The number of carbonyl (C=O) groups excluding carboxylic acids is 3. The molecule has 5 rings (SSSR count). The number of H-pyrrole nitrogens is 1. The Morgan fingerprint density at radius 3 is 2.30 bits per heavy atom. The predicted octanol–water partition coefficient (Wildman–Crippen LogP) is 4.99. The molecule has 0 radical (unpaired) electrons. The number of piperazine rings is 1. The highest BCUT2D eigenvalue weighted by molar-refractivity contribution is 6.36. The zero-order valence-corrected chi connectivity index (χ0v) is 22.7. The third-order valence-electron chi connectivity index (χ3n) is 7.65. The Morgan fingerprint density at radius 1 is 1.00 bits per heavy atom. The lowest BCUT2D eigenvalue weighted by Crippen LogP contribution is -2.59. The number of hydrogen-bond donors (Lipinski definition) is 2. The normalized spacial score (nSPS) is 21.9. The van der Waals surface area contributed by atoms with Crippen LogP contribution < -0.4 is 5.32 Å². The molecule has 37 heavy (non-hydrogen) atoms. The van der Waals surface area contributed by atoms with Crippen LogP contribution in [0.3, 0.4) is 0 Å². The van der Waals surface area contributed by atoms with Crippen molar-refractivity contribution in [3.63, 3.8) is 0 Å². The summed E-state index contributed by atoms with van der Waals surface area (Å²) in [5.41, 5.74) is 1.16. The largest absolute Gasteiger partial charge is 0.351 e. The van der Waals surface area contributed by atoms with Gasteiger partial charge in [-0.25, -0.2) is 0 Å². The molecule has 194 valence electrons. The smallest absolute Gasteiger partial charge is 0.268 e. The molecule has 2 fully saturated rings. The molecule has 3 amide bonds. The lowest BCUT2D eigenvalue weighted by atomic mass is 9.85. The van der Waals surface area contributed by atoms with Crippen molar-refractivity contribution in [2.75, 3.05) is 13.1 Å². The van der Waals surface area contributed by atoms with Gasteiger partial charge in [0.1, 0.15) is 11.7 Å². The maximum Gasteiger partial charge on any atom is 0.268 e. The molecule has 3 heterocycles. The highest BCUT2D eigenvalue weighted by Crippen LogP contribution is 2.39. The Hall–Kier alpha value is -3.03. The number of aromatic amines is 1. The van der Waals surface area contributed by atoms with Gasteiger partial charge in [-0.3, -0.25) is 14.4 Å². The Morgan fingerprint density at radius 2 is 1.68 bits per heavy atom. The van der Waals surface area contributed by atoms with Gasteiger partial charge in [0.05, 0.1) is 22.7 Å². The van der Waals surface area contributed by atoms with Gasteiger partial charge < -0.3 is 20.1 Å². The van der Waals surface area contributed by atoms with E-state index in [2.05, 4.69) is 17.2 Å². The summed E-state index contributed by atoms with van der Waals surface area (Å²) in [6, 6.07) is 13.3. The summed E-state index contributed by atoms with van der Waals surface area (Å²) in [5.74, 6) is -0.513. The number of amides is 3. The SMILES string of the molecule is CC1C2CN(C(=O)C(NC(=O)c3cc4ccccc4[nH]3)C(C)(C)C)C1CN2C(=O)c1ccc(Cl)cc1Cl. The van der Waals surface area contributed by atoms with Gasteiger partial charge in [0.25, 0.3) is 11.8 Å². The molecule has 2 aliphatic rings. The fourth-order valence-electron chi connectivity index (χ4n) is 5.55. The summed E-state index contributed by atoms with van der Waals surface area (Å²) in [6.45, 7) is 8.72. The molecule has 4 unspecified atom stereocenters. The maximum absolute atomic E-state index is 13.9. The van der Waals surface area contributed by atoms with Crippen LogP contribution in [0.15, 0.2) is 48.5 Å². The number of carbonyl (C=O) groups is 3. The van der Waals surface area contributed by atoms with Gasteiger partial charge in [0, 0.05) is 34.9 Å². The molecule has 9 heteroatoms. The van der Waals surface area contributed by atoms with Crippen molar-refractivity contribution in [3.8, 4) is 0 Å². The molecule has 2 bridgehead atoms. The van der Waals surface area contributed by atoms with Crippen molar-refractivity contribution in [3.05, 3.63) is 69.8 Å². The number of para-hydroxylation sites is 1. The molecule has 0 saturated carbocycles. The minimum atomic E-state index is -0.729. The summed E-state index contributed by atoms with van der Waals surface area (Å²) < 4.78 is 0. The van der Waals surface area contributed by atoms with E-state index < -0.39 is 11.5 Å². The highest BCUT2D eigenvalue weighted by Gasteiger charge is 2.54. The van der Waals surface area contributed by atoms with Gasteiger partial charge >= 0.3 is 0 Å². The number of hydrogen-bond acceptors (Lipinski definition) is 3. The molecule has 0 spiro atoms. The molecule has 2 N–H and O–H groups in total. The number of rotatable bonds is 4. The topological polar surface area (TPSA) is 85.5 Å². The van der Waals surface area contributed by atoms with E-state index >= 15 is 0 Å². The van der Waals surface area contributed by atoms with Crippen LogP contribution in [-0.2, 0) is 4.79 Å². The van der Waals surface area contributed by atoms with E-state index in [1.165, 1.54) is 0 Å². The van der Waals surface area contributed by atoms with Crippen LogP contribution in [-0.4, -0.2) is 63.7 Å². The lowest BCUT2D eigenvalue weighted by Gasteiger charge is -2.39. The van der Waals surface area contributed by atoms with E-state index in [0.717, 1.165) is 10.9 Å². The van der Waals surface area contributed by atoms with Gasteiger partial charge in [-0.15, -0.1) is 0 Å². The van der Waals surface area contributed by atoms with Crippen LogP contribution in [0.2, 0.25) is 10.0 Å². The molecule has 4 atom stereocenters. The van der Waals surface area contributed by atoms with E-state index in [1.54, 1.807) is 24.3 Å². The lowest BCUT2D eigenvalue weighted by molar-refractivity contribution is -0.138. The van der Waals surface area contributed by atoms with Crippen LogP contribution in [0, 0.1) is 11.3 Å². The van der Waals surface area contributed by atoms with Crippen LogP contribution in [0.4, 0.5) is 0 Å². The summed E-state index contributed by atoms with van der Waals surface area (Å²) in [4.78, 5) is 47.1. The van der Waals surface area contributed by atoms with Crippen molar-refractivity contribution < 1.29 is 14.4 Å². The quantitative estimate of drug-likeness (QED) is 0.488. The number of halogens is 2. The molecule has 7 nitrogen and oxygen atoms in total. The van der Waals surface area contributed by atoms with Gasteiger partial charge in [-0.1, -0.05) is 69.1 Å². The Bertz CT molecular complexity index is 1360. The minimum absolute atomic E-state index is 0.101. The van der Waals surface area contributed by atoms with Crippen molar-refractivity contribution in [1.82, 2.24) is 20.1 Å². The fraction of sp³-hybridized carbons (Fsp3) is 0.393. The number of likely N-dealkylation sites (tertiary alicyclic amines) is 2. The Kier molecular flexibility index (Phi) is 6.49. The first-order chi connectivity index (χ1) is 17.5. The van der Waals surface area contributed by atoms with Crippen molar-refractivity contribution in [2.45, 2.75) is 45.8 Å². The summed E-state index contributed by atoms with van der Waals surface area (Å²) in [7, 11) is 0. The second-order valence-corrected chi connectivity index (χ2v) is 12.0. The van der Waals surface area contributed by atoms with E-state index in [4.69, 9.17) is 23.2 Å². The minimum Gasteiger partial charge on any atom is -0.351 e. The standard InChI is InChI=1S/C28H30Cl2N4O3/c1-15-22-14-34(23(15)13-33(22)26(36)18-10-9-17(29)12-19(18)30)27(37)24(28(2,3)4)32-25(35)21-11-16-7-5-6-8-20(16)31-21/h5-12,15,22-24,31H,13-14H2,1-4H3,(H,32,35). The van der Waals surface area contributed by atoms with Gasteiger partial charge in [-0.2, -0.15) is 0 Å². The van der Waals surface area contributed by atoms with E-state index in [0.29, 0.717) is 34.4 Å². The van der Waals surface area contributed by atoms with Crippen molar-refractivity contribution >= 4 is 51.8 Å². The molecule has 2 aliphatic heterocycles. The van der Waals surface area contributed by atoms with E-state index in [9.17, 15) is 14.4 Å². The van der Waals surface area contributed by atoms with Crippen LogP contribution >= 0.6 is 23.2 Å². The average Bonchev–Trinajstić information content (AvgIpc) is 3.51. The first-order valence-corrected chi connectivity index (χ1v) is 13.2. The van der Waals surface area contributed by atoms with E-state index in [-0.39, 0.29) is 35.7 Å². The third-order valence-corrected chi connectivity index (χ3v) is 8.20. The summed E-state index contributed by atoms with van der Waals surface area (Å²) in [5, 5.41) is 4.70. The molecule has 0 aliphatic carbocycles. The zero-order valence-electron chi connectivity index (χ0n) is 21.2. The number of fused-ring (bicyclic) bond motifs is 3. The predicted molar refractivity (Wildman–Crippen MR) is 145 cm³/mol. The van der Waals surface area contributed by atoms with Crippen molar-refractivity contribution in [1.29, 1.82) is 0 Å².